The highest BCUT2D eigenvalue weighted by molar-refractivity contribution is 5.78. The van der Waals surface area contributed by atoms with Crippen molar-refractivity contribution in [1.82, 2.24) is 9.88 Å². The average Bonchev–Trinajstić information content (AvgIpc) is 2.48. The smallest absolute Gasteiger partial charge is 0.228 e. The normalized spacial score (nSPS) is 35.6. The fourth-order valence-electron chi connectivity index (χ4n) is 5.52. The Morgan fingerprint density at radius 1 is 1.18 bits per heavy atom. The molecule has 0 spiro atoms. The number of aromatic nitrogens is 1. The van der Waals surface area contributed by atoms with Crippen LogP contribution in [0.1, 0.15) is 37.8 Å². The second kappa shape index (κ2) is 5.25. The van der Waals surface area contributed by atoms with E-state index in [2.05, 4.69) is 4.98 Å². The number of anilines is 1. The van der Waals surface area contributed by atoms with E-state index in [1.54, 1.807) is 6.20 Å². The second-order valence-electron chi connectivity index (χ2n) is 7.69. The van der Waals surface area contributed by atoms with Gasteiger partial charge in [-0.3, -0.25) is 9.78 Å². The van der Waals surface area contributed by atoms with Crippen LogP contribution in [0.3, 0.4) is 0 Å². The van der Waals surface area contributed by atoms with Gasteiger partial charge in [0.15, 0.2) is 0 Å². The largest absolute Gasteiger partial charge is 0.397 e. The van der Waals surface area contributed by atoms with Crippen LogP contribution in [0.15, 0.2) is 18.3 Å². The summed E-state index contributed by atoms with van der Waals surface area (Å²) in [5.74, 6) is 3.57. The Balaban J connectivity index is 1.46. The van der Waals surface area contributed by atoms with Crippen LogP contribution < -0.4 is 5.73 Å². The molecule has 0 atom stereocenters. The number of amides is 1. The first kappa shape index (κ1) is 14.0. The molecule has 0 radical (unpaired) electrons. The lowest BCUT2D eigenvalue weighted by Gasteiger charge is -2.56. The van der Waals surface area contributed by atoms with Gasteiger partial charge in [0.1, 0.15) is 0 Å². The molecule has 4 aliphatic rings. The van der Waals surface area contributed by atoms with Gasteiger partial charge in [0.25, 0.3) is 0 Å². The van der Waals surface area contributed by atoms with E-state index in [0.717, 1.165) is 29.4 Å². The van der Waals surface area contributed by atoms with Crippen LogP contribution in [0.2, 0.25) is 0 Å². The highest BCUT2D eigenvalue weighted by Gasteiger charge is 2.50. The van der Waals surface area contributed by atoms with Crippen LogP contribution in [0.4, 0.5) is 5.69 Å². The zero-order valence-electron chi connectivity index (χ0n) is 13.2. The van der Waals surface area contributed by atoms with Crippen molar-refractivity contribution in [3.8, 4) is 0 Å². The molecular weight excluding hydrogens is 274 g/mol. The monoisotopic (exact) mass is 299 g/mol. The van der Waals surface area contributed by atoms with Crippen LogP contribution in [-0.2, 0) is 11.2 Å². The molecule has 0 aliphatic heterocycles. The van der Waals surface area contributed by atoms with Crippen molar-refractivity contribution in [2.75, 3.05) is 12.8 Å². The summed E-state index contributed by atoms with van der Waals surface area (Å²) < 4.78 is 0. The maximum absolute atomic E-state index is 12.7. The summed E-state index contributed by atoms with van der Waals surface area (Å²) in [6, 6.07) is 4.14. The lowest BCUT2D eigenvalue weighted by molar-refractivity contribution is -0.140. The molecule has 4 saturated carbocycles. The minimum atomic E-state index is 0.203. The second-order valence-corrected chi connectivity index (χ2v) is 7.69. The van der Waals surface area contributed by atoms with Gasteiger partial charge in [-0.15, -0.1) is 0 Å². The fourth-order valence-corrected chi connectivity index (χ4v) is 5.52. The molecule has 0 aromatic carbocycles. The Kier molecular flexibility index (Phi) is 3.35. The SMILES string of the molecule is CN(C(=O)Cc1ccc(N)cn1)C1C2CC3CC(C2)CC1C3. The molecule has 0 unspecified atom stereocenters. The minimum Gasteiger partial charge on any atom is -0.397 e. The van der Waals surface area contributed by atoms with Gasteiger partial charge in [0, 0.05) is 18.8 Å². The fraction of sp³-hybridized carbons (Fsp3) is 0.667. The third-order valence-corrected chi connectivity index (χ3v) is 6.20. The van der Waals surface area contributed by atoms with Crippen LogP contribution in [0.5, 0.6) is 0 Å². The van der Waals surface area contributed by atoms with E-state index in [1.165, 1.54) is 32.1 Å². The highest BCUT2D eigenvalue weighted by Crippen LogP contribution is 2.54. The van der Waals surface area contributed by atoms with Crippen molar-refractivity contribution in [3.05, 3.63) is 24.0 Å². The van der Waals surface area contributed by atoms with Crippen LogP contribution in [0.25, 0.3) is 0 Å². The molecule has 118 valence electrons. The van der Waals surface area contributed by atoms with Gasteiger partial charge in [0.2, 0.25) is 5.91 Å². The third-order valence-electron chi connectivity index (χ3n) is 6.20. The number of nitrogens with zero attached hydrogens (tertiary/aromatic N) is 2. The van der Waals surface area contributed by atoms with Gasteiger partial charge in [-0.05, 0) is 67.9 Å². The van der Waals surface area contributed by atoms with Crippen molar-refractivity contribution in [1.29, 1.82) is 0 Å². The standard InChI is InChI=1S/C18H25N3O/c1-21(17(22)9-16-3-2-15(19)10-20-16)18-13-5-11-4-12(7-13)8-14(18)6-11/h2-3,10-14,18H,4-9,19H2,1H3. The molecule has 2 N–H and O–H groups in total. The zero-order valence-corrected chi connectivity index (χ0v) is 13.2. The maximum atomic E-state index is 12.7. The molecule has 5 rings (SSSR count). The quantitative estimate of drug-likeness (QED) is 0.933. The predicted octanol–water partition coefficient (Wildman–Crippen LogP) is 2.49. The lowest BCUT2D eigenvalue weighted by Crippen LogP contribution is -2.56. The Morgan fingerprint density at radius 3 is 2.36 bits per heavy atom. The summed E-state index contributed by atoms with van der Waals surface area (Å²) >= 11 is 0. The maximum Gasteiger partial charge on any atom is 0.228 e. The van der Waals surface area contributed by atoms with E-state index in [-0.39, 0.29) is 5.91 Å². The van der Waals surface area contributed by atoms with Crippen molar-refractivity contribution in [3.63, 3.8) is 0 Å². The lowest BCUT2D eigenvalue weighted by atomic mass is 9.54. The van der Waals surface area contributed by atoms with E-state index in [1.807, 2.05) is 24.1 Å². The van der Waals surface area contributed by atoms with Gasteiger partial charge < -0.3 is 10.6 Å². The van der Waals surface area contributed by atoms with E-state index in [9.17, 15) is 4.79 Å². The topological polar surface area (TPSA) is 59.2 Å². The number of nitrogens with two attached hydrogens (primary N) is 1. The molecule has 4 heteroatoms. The molecule has 1 aromatic rings. The van der Waals surface area contributed by atoms with E-state index >= 15 is 0 Å². The molecule has 1 heterocycles. The minimum absolute atomic E-state index is 0.203. The molecule has 0 saturated heterocycles. The molecule has 1 amide bonds. The van der Waals surface area contributed by atoms with Gasteiger partial charge in [-0.1, -0.05) is 0 Å². The van der Waals surface area contributed by atoms with Crippen LogP contribution >= 0.6 is 0 Å². The van der Waals surface area contributed by atoms with Gasteiger partial charge in [0.05, 0.1) is 18.3 Å². The van der Waals surface area contributed by atoms with E-state index in [0.29, 0.717) is 18.2 Å². The summed E-state index contributed by atoms with van der Waals surface area (Å²) in [4.78, 5) is 19.0. The number of carbonyl (C=O) groups excluding carboxylic acids is 1. The van der Waals surface area contributed by atoms with Gasteiger partial charge in [-0.25, -0.2) is 0 Å². The molecular formula is C18H25N3O. The van der Waals surface area contributed by atoms with E-state index < -0.39 is 0 Å². The summed E-state index contributed by atoms with van der Waals surface area (Å²) in [5.41, 5.74) is 7.11. The van der Waals surface area contributed by atoms with Gasteiger partial charge in [-0.2, -0.15) is 0 Å². The first-order valence-electron chi connectivity index (χ1n) is 8.56. The summed E-state index contributed by atoms with van der Waals surface area (Å²) in [6.07, 6.45) is 8.84. The average molecular weight is 299 g/mol. The first-order chi connectivity index (χ1) is 10.6. The Hall–Kier alpha value is -1.58. The van der Waals surface area contributed by atoms with E-state index in [4.69, 9.17) is 5.73 Å². The highest BCUT2D eigenvalue weighted by atomic mass is 16.2. The molecule has 4 nitrogen and oxygen atoms in total. The number of carbonyl (C=O) groups is 1. The summed E-state index contributed by atoms with van der Waals surface area (Å²) in [6.45, 7) is 0. The van der Waals surface area contributed by atoms with Crippen LogP contribution in [-0.4, -0.2) is 28.9 Å². The molecule has 1 aromatic heterocycles. The number of likely N-dealkylation sites (N-methyl/N-ethyl adjacent to an activating group) is 1. The molecule has 4 aliphatic carbocycles. The molecule has 22 heavy (non-hydrogen) atoms. The first-order valence-corrected chi connectivity index (χ1v) is 8.56. The van der Waals surface area contributed by atoms with Crippen LogP contribution in [0, 0.1) is 23.7 Å². The molecule has 4 bridgehead atoms. The summed E-state index contributed by atoms with van der Waals surface area (Å²) in [5, 5.41) is 0. The predicted molar refractivity (Wildman–Crippen MR) is 86.0 cm³/mol. The third kappa shape index (κ3) is 2.38. The number of hydrogen-bond acceptors (Lipinski definition) is 3. The van der Waals surface area contributed by atoms with Crippen molar-refractivity contribution >= 4 is 11.6 Å². The molecule has 4 fully saturated rings. The van der Waals surface area contributed by atoms with Crippen molar-refractivity contribution in [2.45, 2.75) is 44.6 Å². The Morgan fingerprint density at radius 2 is 1.82 bits per heavy atom. The van der Waals surface area contributed by atoms with Crippen molar-refractivity contribution < 1.29 is 4.79 Å². The van der Waals surface area contributed by atoms with Crippen molar-refractivity contribution in [2.24, 2.45) is 23.7 Å². The zero-order chi connectivity index (χ0) is 15.3. The summed E-state index contributed by atoms with van der Waals surface area (Å²) in [7, 11) is 2.01. The number of hydrogen-bond donors (Lipinski definition) is 1. The Labute approximate surface area is 132 Å². The Bertz CT molecular complexity index is 540. The van der Waals surface area contributed by atoms with Gasteiger partial charge >= 0.3 is 0 Å². The number of rotatable bonds is 3. The number of nitrogen functional groups attached to an aromatic ring is 1. The number of pyridine rings is 1.